The summed E-state index contributed by atoms with van der Waals surface area (Å²) < 4.78 is 4.88. The predicted octanol–water partition coefficient (Wildman–Crippen LogP) is 3.89. The average molecular weight is 353 g/mol. The fourth-order valence-electron chi connectivity index (χ4n) is 3.50. The lowest BCUT2D eigenvalue weighted by Gasteiger charge is -2.30. The van der Waals surface area contributed by atoms with E-state index in [0.717, 1.165) is 37.3 Å². The van der Waals surface area contributed by atoms with Crippen molar-refractivity contribution in [2.24, 2.45) is 0 Å². The van der Waals surface area contributed by atoms with E-state index in [2.05, 4.69) is 15.2 Å². The summed E-state index contributed by atoms with van der Waals surface area (Å²) in [5.74, 6) is 0. The first kappa shape index (κ1) is 16.3. The van der Waals surface area contributed by atoms with Crippen LogP contribution in [-0.2, 0) is 0 Å². The Morgan fingerprint density at radius 3 is 2.50 bits per heavy atom. The Balaban J connectivity index is 1.92. The zero-order chi connectivity index (χ0) is 18.1. The second-order valence-corrected chi connectivity index (χ2v) is 6.42. The van der Waals surface area contributed by atoms with Crippen molar-refractivity contribution in [3.8, 4) is 0 Å². The fraction of sp³-hybridized carbons (Fsp3) is 0.333. The molecule has 0 spiro atoms. The van der Waals surface area contributed by atoms with Crippen LogP contribution in [0.25, 0.3) is 11.0 Å². The summed E-state index contributed by atoms with van der Waals surface area (Å²) in [6, 6.07) is 11.4. The number of anilines is 3. The molecule has 134 valence electrons. The molecule has 0 amide bonds. The largest absolute Gasteiger partial charge is 0.370 e. The summed E-state index contributed by atoms with van der Waals surface area (Å²) in [4.78, 5) is 15.4. The first-order valence-electron chi connectivity index (χ1n) is 8.64. The molecule has 4 rings (SSSR count). The standard InChI is InChI=1S/C18H19N5O3/c1-21(13-8-4-2-5-9-13)15-12-14(22-10-6-3-7-11-22)16-17(20-26-19-16)18(15)23(24)25/h2,4-5,8-9,12H,3,6-7,10-11H2,1H3. The lowest BCUT2D eigenvalue weighted by Crippen LogP contribution is -2.29. The Morgan fingerprint density at radius 2 is 1.81 bits per heavy atom. The van der Waals surface area contributed by atoms with E-state index in [4.69, 9.17) is 4.63 Å². The second-order valence-electron chi connectivity index (χ2n) is 6.42. The summed E-state index contributed by atoms with van der Waals surface area (Å²) in [6.45, 7) is 1.79. The first-order valence-corrected chi connectivity index (χ1v) is 8.64. The van der Waals surface area contributed by atoms with Crippen molar-refractivity contribution in [3.05, 3.63) is 46.5 Å². The molecule has 26 heavy (non-hydrogen) atoms. The number of rotatable bonds is 4. The van der Waals surface area contributed by atoms with Crippen LogP contribution in [0.15, 0.2) is 41.0 Å². The molecular weight excluding hydrogens is 334 g/mol. The third kappa shape index (κ3) is 2.73. The van der Waals surface area contributed by atoms with E-state index in [1.807, 2.05) is 43.4 Å². The lowest BCUT2D eigenvalue weighted by atomic mass is 10.1. The van der Waals surface area contributed by atoms with Gasteiger partial charge in [-0.2, -0.15) is 0 Å². The van der Waals surface area contributed by atoms with Gasteiger partial charge in [-0.3, -0.25) is 10.1 Å². The van der Waals surface area contributed by atoms with E-state index < -0.39 is 4.92 Å². The lowest BCUT2D eigenvalue weighted by molar-refractivity contribution is -0.382. The van der Waals surface area contributed by atoms with Gasteiger partial charge in [0.1, 0.15) is 5.69 Å². The van der Waals surface area contributed by atoms with Crippen molar-refractivity contribution in [1.82, 2.24) is 10.3 Å². The molecular formula is C18H19N5O3. The Bertz CT molecular complexity index is 935. The molecule has 1 aromatic heterocycles. The molecule has 1 aliphatic rings. The fourth-order valence-corrected chi connectivity index (χ4v) is 3.50. The van der Waals surface area contributed by atoms with Crippen molar-refractivity contribution in [2.45, 2.75) is 19.3 Å². The topological polar surface area (TPSA) is 88.5 Å². The van der Waals surface area contributed by atoms with Crippen LogP contribution >= 0.6 is 0 Å². The van der Waals surface area contributed by atoms with Crippen LogP contribution < -0.4 is 9.80 Å². The highest BCUT2D eigenvalue weighted by Crippen LogP contribution is 2.42. The van der Waals surface area contributed by atoms with E-state index in [-0.39, 0.29) is 11.2 Å². The molecule has 1 saturated heterocycles. The second kappa shape index (κ2) is 6.62. The Labute approximate surface area is 150 Å². The quantitative estimate of drug-likeness (QED) is 0.519. The minimum atomic E-state index is -0.415. The van der Waals surface area contributed by atoms with Gasteiger partial charge < -0.3 is 9.80 Å². The number of hydrogen-bond acceptors (Lipinski definition) is 7. The maximum atomic E-state index is 11.8. The summed E-state index contributed by atoms with van der Waals surface area (Å²) >= 11 is 0. The Kier molecular flexibility index (Phi) is 4.16. The van der Waals surface area contributed by atoms with Crippen molar-refractivity contribution < 1.29 is 9.55 Å². The molecule has 8 nitrogen and oxygen atoms in total. The van der Waals surface area contributed by atoms with Crippen LogP contribution in [0.3, 0.4) is 0 Å². The molecule has 0 aliphatic carbocycles. The molecule has 0 atom stereocenters. The highest BCUT2D eigenvalue weighted by molar-refractivity contribution is 6.00. The van der Waals surface area contributed by atoms with Gasteiger partial charge >= 0.3 is 5.69 Å². The highest BCUT2D eigenvalue weighted by Gasteiger charge is 2.30. The number of nitro groups is 1. The maximum Gasteiger partial charge on any atom is 0.324 e. The normalized spacial score (nSPS) is 14.6. The van der Waals surface area contributed by atoms with Crippen molar-refractivity contribution in [2.75, 3.05) is 29.9 Å². The van der Waals surface area contributed by atoms with Gasteiger partial charge in [-0.25, -0.2) is 4.63 Å². The van der Waals surface area contributed by atoms with Crippen LogP contribution in [0.1, 0.15) is 19.3 Å². The van der Waals surface area contributed by atoms with Gasteiger partial charge in [0.25, 0.3) is 0 Å². The third-order valence-corrected chi connectivity index (χ3v) is 4.86. The Hall–Kier alpha value is -3.16. The first-order chi connectivity index (χ1) is 12.7. The third-order valence-electron chi connectivity index (χ3n) is 4.86. The molecule has 8 heteroatoms. The minimum Gasteiger partial charge on any atom is -0.370 e. The van der Waals surface area contributed by atoms with Crippen LogP contribution in [0.5, 0.6) is 0 Å². The van der Waals surface area contributed by atoms with Crippen LogP contribution in [-0.4, -0.2) is 35.4 Å². The zero-order valence-electron chi connectivity index (χ0n) is 14.5. The van der Waals surface area contributed by atoms with E-state index in [9.17, 15) is 10.1 Å². The number of aromatic nitrogens is 2. The number of nitrogens with zero attached hydrogens (tertiary/aromatic N) is 5. The van der Waals surface area contributed by atoms with Gasteiger partial charge in [-0.1, -0.05) is 18.2 Å². The van der Waals surface area contributed by atoms with Crippen LogP contribution in [0, 0.1) is 10.1 Å². The number of nitro benzene ring substituents is 1. The molecule has 1 aliphatic heterocycles. The molecule has 0 saturated carbocycles. The maximum absolute atomic E-state index is 11.8. The van der Waals surface area contributed by atoms with Gasteiger partial charge in [0.15, 0.2) is 5.52 Å². The SMILES string of the molecule is CN(c1ccccc1)c1cc(N2CCCCC2)c2nonc2c1[N+](=O)[O-]. The number of para-hydroxylation sites is 1. The molecule has 2 heterocycles. The molecule has 2 aromatic carbocycles. The molecule has 0 radical (unpaired) electrons. The van der Waals surface area contributed by atoms with Gasteiger partial charge in [0.05, 0.1) is 10.6 Å². The number of hydrogen-bond donors (Lipinski definition) is 0. The predicted molar refractivity (Wildman–Crippen MR) is 99.0 cm³/mol. The zero-order valence-corrected chi connectivity index (χ0v) is 14.5. The number of benzene rings is 2. The number of fused-ring (bicyclic) bond motifs is 1. The van der Waals surface area contributed by atoms with Crippen molar-refractivity contribution in [1.29, 1.82) is 0 Å². The molecule has 0 N–H and O–H groups in total. The van der Waals surface area contributed by atoms with Crippen molar-refractivity contribution >= 4 is 33.8 Å². The summed E-state index contributed by atoms with van der Waals surface area (Å²) in [6.07, 6.45) is 3.38. The summed E-state index contributed by atoms with van der Waals surface area (Å²) in [7, 11) is 1.82. The smallest absolute Gasteiger partial charge is 0.324 e. The van der Waals surface area contributed by atoms with E-state index >= 15 is 0 Å². The van der Waals surface area contributed by atoms with Crippen LogP contribution in [0.2, 0.25) is 0 Å². The van der Waals surface area contributed by atoms with Gasteiger partial charge in [0, 0.05) is 25.8 Å². The van der Waals surface area contributed by atoms with E-state index in [1.54, 1.807) is 4.90 Å². The molecule has 1 fully saturated rings. The highest BCUT2D eigenvalue weighted by atomic mass is 16.6. The molecule has 0 unspecified atom stereocenters. The van der Waals surface area contributed by atoms with Gasteiger partial charge in [-0.15, -0.1) is 0 Å². The minimum absolute atomic E-state index is 0.0895. The Morgan fingerprint density at radius 1 is 1.12 bits per heavy atom. The average Bonchev–Trinajstić information content (AvgIpc) is 3.16. The van der Waals surface area contributed by atoms with Crippen molar-refractivity contribution in [3.63, 3.8) is 0 Å². The monoisotopic (exact) mass is 353 g/mol. The van der Waals surface area contributed by atoms with E-state index in [0.29, 0.717) is 11.2 Å². The van der Waals surface area contributed by atoms with Gasteiger partial charge in [-0.05, 0) is 47.8 Å². The summed E-state index contributed by atoms with van der Waals surface area (Å²) in [5.41, 5.74) is 2.72. The van der Waals surface area contributed by atoms with E-state index in [1.165, 1.54) is 6.42 Å². The molecule has 3 aromatic rings. The van der Waals surface area contributed by atoms with Crippen LogP contribution in [0.4, 0.5) is 22.7 Å². The molecule has 0 bridgehead atoms. The van der Waals surface area contributed by atoms with Gasteiger partial charge in [0.2, 0.25) is 5.52 Å². The summed E-state index contributed by atoms with van der Waals surface area (Å²) in [5, 5.41) is 19.6. The number of piperidine rings is 1.